The summed E-state index contributed by atoms with van der Waals surface area (Å²) in [6, 6.07) is 10.7. The van der Waals surface area contributed by atoms with Gasteiger partial charge in [0.2, 0.25) is 0 Å². The summed E-state index contributed by atoms with van der Waals surface area (Å²) < 4.78 is 38.5. The van der Waals surface area contributed by atoms with Gasteiger partial charge in [-0.25, -0.2) is 0 Å². The highest BCUT2D eigenvalue weighted by Crippen LogP contribution is 2.30. The Morgan fingerprint density at radius 1 is 1.10 bits per heavy atom. The van der Waals surface area contributed by atoms with Gasteiger partial charge in [0, 0.05) is 10.5 Å². The van der Waals surface area contributed by atoms with Gasteiger partial charge in [-0.1, -0.05) is 34.1 Å². The van der Waals surface area contributed by atoms with Gasteiger partial charge in [-0.05, 0) is 54.3 Å². The third kappa shape index (κ3) is 4.08. The number of aryl methyl sites for hydroxylation is 1. The van der Waals surface area contributed by atoms with Crippen molar-refractivity contribution in [1.29, 1.82) is 0 Å². The molecule has 0 saturated heterocycles. The fourth-order valence-corrected chi connectivity index (χ4v) is 2.58. The van der Waals surface area contributed by atoms with Crippen LogP contribution < -0.4 is 5.73 Å². The van der Waals surface area contributed by atoms with Crippen molar-refractivity contribution in [3.63, 3.8) is 0 Å². The molecule has 2 N–H and O–H groups in total. The molecule has 0 bridgehead atoms. The molecule has 0 aliphatic rings. The Morgan fingerprint density at radius 2 is 1.71 bits per heavy atom. The Balaban J connectivity index is 2.16. The Labute approximate surface area is 130 Å². The van der Waals surface area contributed by atoms with E-state index in [0.717, 1.165) is 33.3 Å². The molecule has 0 amide bonds. The summed E-state index contributed by atoms with van der Waals surface area (Å²) in [6.07, 6.45) is -3.81. The second-order valence-corrected chi connectivity index (χ2v) is 5.92. The average molecular weight is 358 g/mol. The molecule has 0 heterocycles. The molecule has 0 aliphatic carbocycles. The van der Waals surface area contributed by atoms with Gasteiger partial charge in [0.25, 0.3) is 0 Å². The first-order chi connectivity index (χ1) is 9.77. The lowest BCUT2D eigenvalue weighted by molar-refractivity contribution is -0.137. The monoisotopic (exact) mass is 357 g/mol. The molecule has 1 atom stereocenters. The van der Waals surface area contributed by atoms with E-state index in [-0.39, 0.29) is 6.04 Å². The largest absolute Gasteiger partial charge is 0.416 e. The van der Waals surface area contributed by atoms with Crippen LogP contribution >= 0.6 is 15.9 Å². The van der Waals surface area contributed by atoms with Crippen LogP contribution in [-0.2, 0) is 12.6 Å². The Bertz CT molecular complexity index is 620. The zero-order chi connectivity index (χ0) is 15.6. The minimum Gasteiger partial charge on any atom is -0.324 e. The molecule has 0 fully saturated rings. The number of rotatable bonds is 3. The second kappa shape index (κ2) is 6.20. The van der Waals surface area contributed by atoms with E-state index in [1.54, 1.807) is 0 Å². The molecule has 5 heteroatoms. The number of hydrogen-bond acceptors (Lipinski definition) is 1. The van der Waals surface area contributed by atoms with Gasteiger partial charge in [-0.3, -0.25) is 0 Å². The summed E-state index contributed by atoms with van der Waals surface area (Å²) in [5.41, 5.74) is 8.38. The molecule has 21 heavy (non-hydrogen) atoms. The zero-order valence-corrected chi connectivity index (χ0v) is 13.0. The number of benzene rings is 2. The van der Waals surface area contributed by atoms with Crippen LogP contribution in [0.25, 0.3) is 0 Å². The first-order valence-electron chi connectivity index (χ1n) is 6.45. The first kappa shape index (κ1) is 16.0. The highest BCUT2D eigenvalue weighted by Gasteiger charge is 2.29. The highest BCUT2D eigenvalue weighted by molar-refractivity contribution is 9.10. The van der Waals surface area contributed by atoms with Gasteiger partial charge in [0.1, 0.15) is 0 Å². The maximum absolute atomic E-state index is 12.5. The van der Waals surface area contributed by atoms with Crippen molar-refractivity contribution in [2.75, 3.05) is 0 Å². The van der Waals surface area contributed by atoms with Crippen LogP contribution in [0.1, 0.15) is 28.3 Å². The number of nitrogens with two attached hydrogens (primary N) is 1. The lowest BCUT2D eigenvalue weighted by atomic mass is 9.96. The minimum absolute atomic E-state index is 0.251. The Kier molecular flexibility index (Phi) is 4.74. The van der Waals surface area contributed by atoms with Crippen molar-refractivity contribution in [2.24, 2.45) is 5.73 Å². The van der Waals surface area contributed by atoms with E-state index in [1.165, 1.54) is 12.1 Å². The third-order valence-corrected chi connectivity index (χ3v) is 3.87. The van der Waals surface area contributed by atoms with Gasteiger partial charge in [-0.15, -0.1) is 0 Å². The molecule has 2 aromatic carbocycles. The van der Waals surface area contributed by atoms with E-state index in [1.807, 2.05) is 25.1 Å². The maximum atomic E-state index is 12.5. The fraction of sp³-hybridized carbons (Fsp3) is 0.250. The van der Waals surface area contributed by atoms with Crippen LogP contribution in [0, 0.1) is 6.92 Å². The summed E-state index contributed by atoms with van der Waals surface area (Å²) in [4.78, 5) is 0. The summed E-state index contributed by atoms with van der Waals surface area (Å²) in [5, 5.41) is 0. The van der Waals surface area contributed by atoms with Crippen molar-refractivity contribution in [1.82, 2.24) is 0 Å². The van der Waals surface area contributed by atoms with Gasteiger partial charge >= 0.3 is 6.18 Å². The Hall–Kier alpha value is -1.33. The summed E-state index contributed by atoms with van der Waals surface area (Å²) >= 11 is 3.40. The van der Waals surface area contributed by atoms with Crippen molar-refractivity contribution in [2.45, 2.75) is 25.6 Å². The van der Waals surface area contributed by atoms with Crippen LogP contribution in [-0.4, -0.2) is 0 Å². The standard InChI is InChI=1S/C16H15BrF3N/c1-10-2-7-13(17)9-14(10)15(21)8-11-3-5-12(6-4-11)16(18,19)20/h2-7,9,15H,8,21H2,1H3. The molecule has 0 spiro atoms. The van der Waals surface area contributed by atoms with Crippen LogP contribution in [0.5, 0.6) is 0 Å². The molecule has 0 aromatic heterocycles. The third-order valence-electron chi connectivity index (χ3n) is 3.38. The lowest BCUT2D eigenvalue weighted by Gasteiger charge is -2.16. The van der Waals surface area contributed by atoms with E-state index in [0.29, 0.717) is 6.42 Å². The van der Waals surface area contributed by atoms with Gasteiger partial charge < -0.3 is 5.73 Å². The summed E-state index contributed by atoms with van der Waals surface area (Å²) in [5.74, 6) is 0. The molecule has 0 saturated carbocycles. The van der Waals surface area contributed by atoms with E-state index >= 15 is 0 Å². The van der Waals surface area contributed by atoms with E-state index in [4.69, 9.17) is 5.73 Å². The normalized spacial score (nSPS) is 13.2. The summed E-state index contributed by atoms with van der Waals surface area (Å²) in [7, 11) is 0. The maximum Gasteiger partial charge on any atom is 0.416 e. The lowest BCUT2D eigenvalue weighted by Crippen LogP contribution is -2.15. The molecule has 2 aromatic rings. The predicted octanol–water partition coefficient (Wildman–Crippen LogP) is 5.02. The van der Waals surface area contributed by atoms with E-state index < -0.39 is 11.7 Å². The SMILES string of the molecule is Cc1ccc(Br)cc1C(N)Cc1ccc(C(F)(F)F)cc1. The molecular weight excluding hydrogens is 343 g/mol. The van der Waals surface area contributed by atoms with Crippen molar-refractivity contribution in [3.8, 4) is 0 Å². The van der Waals surface area contributed by atoms with Gasteiger partial charge in [0.15, 0.2) is 0 Å². The zero-order valence-electron chi connectivity index (χ0n) is 11.4. The predicted molar refractivity (Wildman–Crippen MR) is 81.0 cm³/mol. The van der Waals surface area contributed by atoms with Crippen molar-refractivity contribution >= 4 is 15.9 Å². The smallest absolute Gasteiger partial charge is 0.324 e. The van der Waals surface area contributed by atoms with Crippen molar-refractivity contribution < 1.29 is 13.2 Å². The quantitative estimate of drug-likeness (QED) is 0.819. The van der Waals surface area contributed by atoms with Crippen molar-refractivity contribution in [3.05, 3.63) is 69.2 Å². The van der Waals surface area contributed by atoms with E-state index in [9.17, 15) is 13.2 Å². The van der Waals surface area contributed by atoms with E-state index in [2.05, 4.69) is 15.9 Å². The fourth-order valence-electron chi connectivity index (χ4n) is 2.20. The molecule has 1 nitrogen and oxygen atoms in total. The van der Waals surface area contributed by atoms with Crippen LogP contribution in [0.2, 0.25) is 0 Å². The molecule has 112 valence electrons. The average Bonchev–Trinajstić information content (AvgIpc) is 2.41. The number of alkyl halides is 3. The molecule has 0 radical (unpaired) electrons. The molecular formula is C16H15BrF3N. The molecule has 2 rings (SSSR count). The first-order valence-corrected chi connectivity index (χ1v) is 7.24. The van der Waals surface area contributed by atoms with Crippen LogP contribution in [0.4, 0.5) is 13.2 Å². The molecule has 1 unspecified atom stereocenters. The topological polar surface area (TPSA) is 26.0 Å². The van der Waals surface area contributed by atoms with Gasteiger partial charge in [0.05, 0.1) is 5.56 Å². The molecule has 0 aliphatic heterocycles. The Morgan fingerprint density at radius 3 is 2.29 bits per heavy atom. The second-order valence-electron chi connectivity index (χ2n) is 5.01. The number of hydrogen-bond donors (Lipinski definition) is 1. The number of halogens is 4. The van der Waals surface area contributed by atoms with Crippen LogP contribution in [0.15, 0.2) is 46.9 Å². The van der Waals surface area contributed by atoms with Crippen LogP contribution in [0.3, 0.4) is 0 Å². The highest BCUT2D eigenvalue weighted by atomic mass is 79.9. The van der Waals surface area contributed by atoms with Gasteiger partial charge in [-0.2, -0.15) is 13.2 Å². The minimum atomic E-state index is -4.30. The summed E-state index contributed by atoms with van der Waals surface area (Å²) in [6.45, 7) is 1.97.